The number of aliphatic hydroxyl groups excluding tert-OH is 2. The van der Waals surface area contributed by atoms with Crippen molar-refractivity contribution in [2.75, 3.05) is 20.2 Å². The quantitative estimate of drug-likeness (QED) is 0.657. The van der Waals surface area contributed by atoms with E-state index in [0.717, 1.165) is 16.6 Å². The predicted octanol–water partition coefficient (Wildman–Crippen LogP) is 1.82. The van der Waals surface area contributed by atoms with Crippen LogP contribution in [0.1, 0.15) is 23.7 Å². The van der Waals surface area contributed by atoms with E-state index in [0.29, 0.717) is 43.3 Å². The second kappa shape index (κ2) is 7.74. The van der Waals surface area contributed by atoms with Crippen LogP contribution >= 0.6 is 0 Å². The minimum Gasteiger partial charge on any atom is -0.492 e. The summed E-state index contributed by atoms with van der Waals surface area (Å²) in [4.78, 5) is 10.6. The summed E-state index contributed by atoms with van der Waals surface area (Å²) in [6.07, 6.45) is 0.776. The Morgan fingerprint density at radius 1 is 1.23 bits per heavy atom. The van der Waals surface area contributed by atoms with Crippen LogP contribution in [0, 0.1) is 12.7 Å². The molecule has 0 radical (unpaired) electrons. The molecule has 3 heterocycles. The molecule has 31 heavy (non-hydrogen) atoms. The molecule has 1 saturated carbocycles. The van der Waals surface area contributed by atoms with Gasteiger partial charge in [0, 0.05) is 43.2 Å². The average Bonchev–Trinajstić information content (AvgIpc) is 3.21. The minimum absolute atomic E-state index is 0.330. The van der Waals surface area contributed by atoms with Crippen molar-refractivity contribution in [2.45, 2.75) is 44.2 Å². The predicted molar refractivity (Wildman–Crippen MR) is 111 cm³/mol. The van der Waals surface area contributed by atoms with Gasteiger partial charge in [0.15, 0.2) is 0 Å². The van der Waals surface area contributed by atoms with Gasteiger partial charge in [-0.1, -0.05) is 0 Å². The van der Waals surface area contributed by atoms with Gasteiger partial charge in [0.05, 0.1) is 17.3 Å². The van der Waals surface area contributed by atoms with Gasteiger partial charge in [-0.15, -0.1) is 0 Å². The van der Waals surface area contributed by atoms with Crippen molar-refractivity contribution < 1.29 is 24.1 Å². The van der Waals surface area contributed by atoms with Crippen LogP contribution in [0.5, 0.6) is 11.5 Å². The van der Waals surface area contributed by atoms with Crippen LogP contribution in [0.2, 0.25) is 0 Å². The molecule has 0 bridgehead atoms. The maximum atomic E-state index is 14.2. The Morgan fingerprint density at radius 2 is 2.06 bits per heavy atom. The van der Waals surface area contributed by atoms with Crippen molar-refractivity contribution in [3.8, 4) is 11.5 Å². The second-order valence-electron chi connectivity index (χ2n) is 8.33. The number of hydrogen-bond acceptors (Lipinski definition) is 7. The van der Waals surface area contributed by atoms with Crippen LogP contribution in [0.3, 0.4) is 0 Å². The number of nitrogens with zero attached hydrogens (tertiary/aromatic N) is 4. The van der Waals surface area contributed by atoms with E-state index >= 15 is 0 Å². The fourth-order valence-corrected chi connectivity index (χ4v) is 4.53. The molecule has 164 valence electrons. The number of hydrogen-bond donors (Lipinski definition) is 2. The van der Waals surface area contributed by atoms with E-state index in [1.165, 1.54) is 18.5 Å². The van der Waals surface area contributed by atoms with Crippen LogP contribution in [0.15, 0.2) is 30.7 Å². The summed E-state index contributed by atoms with van der Waals surface area (Å²) in [5.41, 5.74) is 2.27. The van der Waals surface area contributed by atoms with Gasteiger partial charge in [0.2, 0.25) is 0 Å². The molecule has 0 amide bonds. The van der Waals surface area contributed by atoms with Crippen LogP contribution < -0.4 is 9.47 Å². The molecule has 2 aliphatic rings. The third-order valence-corrected chi connectivity index (χ3v) is 6.23. The largest absolute Gasteiger partial charge is 0.492 e. The van der Waals surface area contributed by atoms with Gasteiger partial charge in [-0.2, -0.15) is 0 Å². The molecule has 1 aromatic carbocycles. The molecule has 4 atom stereocenters. The van der Waals surface area contributed by atoms with E-state index in [9.17, 15) is 14.6 Å². The molecular formula is C22H25FN4O4. The highest BCUT2D eigenvalue weighted by atomic mass is 19.1. The van der Waals surface area contributed by atoms with E-state index in [1.54, 1.807) is 0 Å². The fraction of sp³-hybridized carbons (Fsp3) is 0.455. The summed E-state index contributed by atoms with van der Waals surface area (Å²) in [5, 5.41) is 22.4. The Hall–Kier alpha value is -2.75. The van der Waals surface area contributed by atoms with Gasteiger partial charge in [0.25, 0.3) is 0 Å². The molecular weight excluding hydrogens is 403 g/mol. The standard InChI is InChI=1S/C22H25FN4O4/c1-12-14-3-4-27(22(14)25-11-24-12)16-9-19(21(29)20(16)28)31-18-8-13(23)7-17-15(18)10-26(2)5-6-30-17/h3-4,7-8,11,16,19-21,28-29H,5-6,9-10H2,1-2H3. The summed E-state index contributed by atoms with van der Waals surface area (Å²) in [6, 6.07) is 4.14. The molecule has 1 fully saturated rings. The highest BCUT2D eigenvalue weighted by Gasteiger charge is 2.44. The zero-order valence-corrected chi connectivity index (χ0v) is 17.4. The number of fused-ring (bicyclic) bond motifs is 2. The van der Waals surface area contributed by atoms with Gasteiger partial charge in [-0.3, -0.25) is 4.90 Å². The van der Waals surface area contributed by atoms with Crippen molar-refractivity contribution in [3.05, 3.63) is 47.8 Å². The van der Waals surface area contributed by atoms with E-state index in [-0.39, 0.29) is 0 Å². The number of rotatable bonds is 3. The van der Waals surface area contributed by atoms with Crippen molar-refractivity contribution >= 4 is 11.0 Å². The average molecular weight is 428 g/mol. The number of likely N-dealkylation sites (N-methyl/N-ethyl adjacent to an activating group) is 1. The molecule has 0 saturated heterocycles. The van der Waals surface area contributed by atoms with Gasteiger partial charge in [0.1, 0.15) is 54.2 Å². The lowest BCUT2D eigenvalue weighted by Crippen LogP contribution is -2.34. The van der Waals surface area contributed by atoms with E-state index in [1.807, 2.05) is 30.8 Å². The zero-order valence-electron chi connectivity index (χ0n) is 17.4. The van der Waals surface area contributed by atoms with Crippen LogP contribution in [-0.2, 0) is 6.54 Å². The molecule has 2 N–H and O–H groups in total. The highest BCUT2D eigenvalue weighted by Crippen LogP contribution is 2.39. The van der Waals surface area contributed by atoms with Crippen molar-refractivity contribution in [3.63, 3.8) is 0 Å². The molecule has 9 heteroatoms. The molecule has 1 aliphatic carbocycles. The molecule has 2 aromatic heterocycles. The number of benzene rings is 1. The molecule has 8 nitrogen and oxygen atoms in total. The third kappa shape index (κ3) is 3.52. The number of ether oxygens (including phenoxy) is 2. The maximum absolute atomic E-state index is 14.2. The van der Waals surface area contributed by atoms with Crippen LogP contribution in [0.25, 0.3) is 11.0 Å². The third-order valence-electron chi connectivity index (χ3n) is 6.23. The van der Waals surface area contributed by atoms with Gasteiger partial charge in [-0.25, -0.2) is 14.4 Å². The summed E-state index contributed by atoms with van der Waals surface area (Å²) in [6.45, 7) is 3.61. The molecule has 4 unspecified atom stereocenters. The Morgan fingerprint density at radius 3 is 2.90 bits per heavy atom. The van der Waals surface area contributed by atoms with Gasteiger partial charge >= 0.3 is 0 Å². The lowest BCUT2D eigenvalue weighted by molar-refractivity contribution is -0.0167. The first-order chi connectivity index (χ1) is 14.9. The summed E-state index contributed by atoms with van der Waals surface area (Å²) in [7, 11) is 1.96. The summed E-state index contributed by atoms with van der Waals surface area (Å²) >= 11 is 0. The first-order valence-electron chi connectivity index (χ1n) is 10.4. The highest BCUT2D eigenvalue weighted by molar-refractivity contribution is 5.78. The smallest absolute Gasteiger partial charge is 0.143 e. The lowest BCUT2D eigenvalue weighted by atomic mass is 10.1. The monoisotopic (exact) mass is 428 g/mol. The summed E-state index contributed by atoms with van der Waals surface area (Å²) < 4.78 is 27.9. The molecule has 0 spiro atoms. The molecule has 5 rings (SSSR count). The zero-order chi connectivity index (χ0) is 21.7. The van der Waals surface area contributed by atoms with Gasteiger partial charge in [-0.05, 0) is 20.0 Å². The van der Waals surface area contributed by atoms with Crippen LogP contribution in [-0.4, -0.2) is 68.2 Å². The van der Waals surface area contributed by atoms with Gasteiger partial charge < -0.3 is 24.3 Å². The topological polar surface area (TPSA) is 92.9 Å². The van der Waals surface area contributed by atoms with Crippen LogP contribution in [0.4, 0.5) is 4.39 Å². The fourth-order valence-electron chi connectivity index (χ4n) is 4.53. The maximum Gasteiger partial charge on any atom is 0.143 e. The lowest BCUT2D eigenvalue weighted by Gasteiger charge is -2.22. The number of halogens is 1. The van der Waals surface area contributed by atoms with Crippen molar-refractivity contribution in [1.82, 2.24) is 19.4 Å². The Bertz CT molecular complexity index is 1120. The molecule has 1 aliphatic heterocycles. The first-order valence-corrected chi connectivity index (χ1v) is 10.4. The first kappa shape index (κ1) is 20.2. The Labute approximate surface area is 178 Å². The van der Waals surface area contributed by atoms with E-state index in [2.05, 4.69) is 14.9 Å². The summed E-state index contributed by atoms with van der Waals surface area (Å²) in [5.74, 6) is 0.315. The normalized spacial score (nSPS) is 26.5. The number of aromatic nitrogens is 3. The Balaban J connectivity index is 1.45. The Kier molecular flexibility index (Phi) is 5.04. The van der Waals surface area contributed by atoms with E-state index in [4.69, 9.17) is 9.47 Å². The second-order valence-corrected chi connectivity index (χ2v) is 8.33. The van der Waals surface area contributed by atoms with Crippen molar-refractivity contribution in [1.29, 1.82) is 0 Å². The van der Waals surface area contributed by atoms with E-state index < -0.39 is 30.2 Å². The number of aliphatic hydroxyl groups is 2. The number of aryl methyl sites for hydroxylation is 1. The minimum atomic E-state index is -1.13. The molecule has 3 aromatic rings. The van der Waals surface area contributed by atoms with Crippen molar-refractivity contribution in [2.24, 2.45) is 0 Å². The SMILES string of the molecule is Cc1ncnc2c1ccn2C1CC(Oc2cc(F)cc3c2CN(C)CCO3)C(O)C1O.